The van der Waals surface area contributed by atoms with Gasteiger partial charge in [0.05, 0.1) is 5.69 Å². The third-order valence-electron chi connectivity index (χ3n) is 2.26. The highest BCUT2D eigenvalue weighted by Gasteiger charge is 2.15. The molecule has 0 saturated heterocycles. The van der Waals surface area contributed by atoms with Gasteiger partial charge in [-0.2, -0.15) is 0 Å². The highest BCUT2D eigenvalue weighted by molar-refractivity contribution is 5.95. The number of anilines is 1. The maximum absolute atomic E-state index is 11.1. The summed E-state index contributed by atoms with van der Waals surface area (Å²) in [5, 5.41) is 6.01. The van der Waals surface area contributed by atoms with Gasteiger partial charge in [-0.25, -0.2) is 0 Å². The van der Waals surface area contributed by atoms with Gasteiger partial charge in [-0.05, 0) is 24.2 Å². The molecule has 0 spiro atoms. The Kier molecular flexibility index (Phi) is 2.87. The molecule has 0 aromatic heterocycles. The number of rotatable bonds is 3. The molecule has 0 radical (unpaired) electrons. The van der Waals surface area contributed by atoms with E-state index in [-0.39, 0.29) is 12.5 Å². The van der Waals surface area contributed by atoms with Gasteiger partial charge >= 0.3 is 0 Å². The van der Waals surface area contributed by atoms with Crippen LogP contribution in [0.5, 0.6) is 5.75 Å². The molecule has 1 aromatic rings. The summed E-state index contributed by atoms with van der Waals surface area (Å²) in [5.74, 6) is 0.651. The number of nitrogens with one attached hydrogen (secondary N) is 2. The van der Waals surface area contributed by atoms with Gasteiger partial charge in [0.25, 0.3) is 5.91 Å². The Morgan fingerprint density at radius 3 is 3.20 bits per heavy atom. The molecule has 1 amide bonds. The van der Waals surface area contributed by atoms with Crippen LogP contribution in [0.15, 0.2) is 18.2 Å². The largest absolute Gasteiger partial charge is 0.482 e. The molecule has 2 N–H and O–H groups in total. The highest BCUT2D eigenvalue weighted by Crippen LogP contribution is 2.28. The van der Waals surface area contributed by atoms with Crippen LogP contribution in [0, 0.1) is 0 Å². The second kappa shape index (κ2) is 4.31. The van der Waals surface area contributed by atoms with Gasteiger partial charge in [0.1, 0.15) is 5.75 Å². The average molecular weight is 206 g/mol. The quantitative estimate of drug-likeness (QED) is 0.779. The first-order valence-corrected chi connectivity index (χ1v) is 5.06. The van der Waals surface area contributed by atoms with E-state index in [2.05, 4.69) is 17.6 Å². The predicted octanol–water partition coefficient (Wildman–Crippen LogP) is 1.13. The standard InChI is InChI=1S/C11H14N2O2/c1-2-12-6-8-3-4-10-9(5-8)13-11(14)7-15-10/h3-5,12H,2,6-7H2,1H3,(H,13,14). The lowest BCUT2D eigenvalue weighted by Crippen LogP contribution is -2.25. The van der Waals surface area contributed by atoms with Crippen molar-refractivity contribution in [2.75, 3.05) is 18.5 Å². The Bertz CT molecular complexity index is 377. The molecule has 0 aliphatic carbocycles. The van der Waals surface area contributed by atoms with Crippen LogP contribution < -0.4 is 15.4 Å². The van der Waals surface area contributed by atoms with Crippen molar-refractivity contribution in [2.24, 2.45) is 0 Å². The Labute approximate surface area is 88.6 Å². The summed E-state index contributed by atoms with van der Waals surface area (Å²) in [7, 11) is 0. The summed E-state index contributed by atoms with van der Waals surface area (Å²) >= 11 is 0. The molecule has 0 atom stereocenters. The molecule has 1 aromatic carbocycles. The first-order chi connectivity index (χ1) is 7.29. The fraction of sp³-hybridized carbons (Fsp3) is 0.364. The summed E-state index contributed by atoms with van der Waals surface area (Å²) in [4.78, 5) is 11.1. The number of amides is 1. The number of hydrogen-bond acceptors (Lipinski definition) is 3. The van der Waals surface area contributed by atoms with E-state index in [4.69, 9.17) is 4.74 Å². The van der Waals surface area contributed by atoms with Crippen molar-refractivity contribution in [1.82, 2.24) is 5.32 Å². The van der Waals surface area contributed by atoms with Crippen molar-refractivity contribution in [3.8, 4) is 5.75 Å². The second-order valence-electron chi connectivity index (χ2n) is 3.45. The molecule has 2 rings (SSSR count). The van der Waals surface area contributed by atoms with Crippen molar-refractivity contribution in [1.29, 1.82) is 0 Å². The molecule has 1 heterocycles. The fourth-order valence-electron chi connectivity index (χ4n) is 1.51. The van der Waals surface area contributed by atoms with Gasteiger partial charge in [-0.3, -0.25) is 4.79 Å². The lowest BCUT2D eigenvalue weighted by Gasteiger charge is -2.18. The maximum Gasteiger partial charge on any atom is 0.262 e. The van der Waals surface area contributed by atoms with Gasteiger partial charge < -0.3 is 15.4 Å². The third-order valence-corrected chi connectivity index (χ3v) is 2.26. The summed E-state index contributed by atoms with van der Waals surface area (Å²) in [5.41, 5.74) is 1.91. The van der Waals surface area contributed by atoms with Crippen LogP contribution in [-0.4, -0.2) is 19.1 Å². The van der Waals surface area contributed by atoms with Crippen LogP contribution in [0.1, 0.15) is 12.5 Å². The lowest BCUT2D eigenvalue weighted by molar-refractivity contribution is -0.118. The van der Waals surface area contributed by atoms with Crippen LogP contribution >= 0.6 is 0 Å². The summed E-state index contributed by atoms with van der Waals surface area (Å²) in [6, 6.07) is 5.83. The van der Waals surface area contributed by atoms with Gasteiger partial charge in [-0.1, -0.05) is 13.0 Å². The predicted molar refractivity (Wildman–Crippen MR) is 57.9 cm³/mol. The number of hydrogen-bond donors (Lipinski definition) is 2. The normalized spacial score (nSPS) is 14.1. The van der Waals surface area contributed by atoms with E-state index in [1.165, 1.54) is 0 Å². The summed E-state index contributed by atoms with van der Waals surface area (Å²) < 4.78 is 5.26. The average Bonchev–Trinajstić information content (AvgIpc) is 2.25. The van der Waals surface area contributed by atoms with Crippen LogP contribution in [-0.2, 0) is 11.3 Å². The lowest BCUT2D eigenvalue weighted by atomic mass is 10.1. The van der Waals surface area contributed by atoms with Crippen LogP contribution in [0.2, 0.25) is 0 Å². The number of benzene rings is 1. The molecular weight excluding hydrogens is 192 g/mol. The number of carbonyl (C=O) groups is 1. The molecular formula is C11H14N2O2. The van der Waals surface area contributed by atoms with E-state index in [1.807, 2.05) is 18.2 Å². The molecule has 0 saturated carbocycles. The minimum absolute atomic E-state index is 0.0944. The Hall–Kier alpha value is -1.55. The zero-order chi connectivity index (χ0) is 10.7. The Balaban J connectivity index is 2.17. The highest BCUT2D eigenvalue weighted by atomic mass is 16.5. The Morgan fingerprint density at radius 2 is 2.40 bits per heavy atom. The maximum atomic E-state index is 11.1. The SMILES string of the molecule is CCNCc1ccc2c(c1)NC(=O)CO2. The molecule has 0 bridgehead atoms. The van der Waals surface area contributed by atoms with E-state index in [9.17, 15) is 4.79 Å². The molecule has 80 valence electrons. The monoisotopic (exact) mass is 206 g/mol. The molecule has 15 heavy (non-hydrogen) atoms. The Morgan fingerprint density at radius 1 is 1.53 bits per heavy atom. The summed E-state index contributed by atoms with van der Waals surface area (Å²) in [6.45, 7) is 3.91. The number of carbonyl (C=O) groups excluding carboxylic acids is 1. The van der Waals surface area contributed by atoms with Crippen molar-refractivity contribution in [2.45, 2.75) is 13.5 Å². The summed E-state index contributed by atoms with van der Waals surface area (Å²) in [6.07, 6.45) is 0. The van der Waals surface area contributed by atoms with E-state index >= 15 is 0 Å². The molecule has 4 nitrogen and oxygen atoms in total. The second-order valence-corrected chi connectivity index (χ2v) is 3.45. The van der Waals surface area contributed by atoms with Crippen LogP contribution in [0.3, 0.4) is 0 Å². The molecule has 1 aliphatic rings. The number of fused-ring (bicyclic) bond motifs is 1. The zero-order valence-electron chi connectivity index (χ0n) is 8.67. The first kappa shape index (κ1) is 9.98. The third kappa shape index (κ3) is 2.27. The molecule has 0 fully saturated rings. The van der Waals surface area contributed by atoms with Gasteiger partial charge in [0.2, 0.25) is 0 Å². The van der Waals surface area contributed by atoms with E-state index in [0.29, 0.717) is 0 Å². The van der Waals surface area contributed by atoms with Crippen molar-refractivity contribution < 1.29 is 9.53 Å². The van der Waals surface area contributed by atoms with E-state index in [1.54, 1.807) is 0 Å². The minimum atomic E-state index is -0.0944. The fourth-order valence-corrected chi connectivity index (χ4v) is 1.51. The van der Waals surface area contributed by atoms with E-state index < -0.39 is 0 Å². The van der Waals surface area contributed by atoms with Crippen LogP contribution in [0.25, 0.3) is 0 Å². The van der Waals surface area contributed by atoms with Crippen LogP contribution in [0.4, 0.5) is 5.69 Å². The van der Waals surface area contributed by atoms with Gasteiger partial charge in [0.15, 0.2) is 6.61 Å². The van der Waals surface area contributed by atoms with Crippen molar-refractivity contribution >= 4 is 11.6 Å². The van der Waals surface area contributed by atoms with Crippen molar-refractivity contribution in [3.05, 3.63) is 23.8 Å². The van der Waals surface area contributed by atoms with Gasteiger partial charge in [-0.15, -0.1) is 0 Å². The smallest absolute Gasteiger partial charge is 0.262 e. The molecule has 0 unspecified atom stereocenters. The number of ether oxygens (including phenoxy) is 1. The molecule has 1 aliphatic heterocycles. The topological polar surface area (TPSA) is 50.4 Å². The van der Waals surface area contributed by atoms with Gasteiger partial charge in [0, 0.05) is 6.54 Å². The van der Waals surface area contributed by atoms with E-state index in [0.717, 1.165) is 30.1 Å². The minimum Gasteiger partial charge on any atom is -0.482 e. The molecule has 4 heteroatoms. The zero-order valence-corrected chi connectivity index (χ0v) is 8.67. The first-order valence-electron chi connectivity index (χ1n) is 5.06. The van der Waals surface area contributed by atoms with Crippen molar-refractivity contribution in [3.63, 3.8) is 0 Å².